The Morgan fingerprint density at radius 3 is 2.89 bits per heavy atom. The Kier molecular flexibility index (Phi) is 3.97. The van der Waals surface area contributed by atoms with Gasteiger partial charge in [0.15, 0.2) is 0 Å². The number of aliphatic hydroxyl groups excluding tert-OH is 1. The molecule has 98 valence electrons. The Bertz CT molecular complexity index is 441. The van der Waals surface area contributed by atoms with Crippen LogP contribution in [0.25, 0.3) is 0 Å². The van der Waals surface area contributed by atoms with Gasteiger partial charge in [-0.1, -0.05) is 18.9 Å². The van der Waals surface area contributed by atoms with E-state index < -0.39 is 17.9 Å². The highest BCUT2D eigenvalue weighted by Gasteiger charge is 2.24. The van der Waals surface area contributed by atoms with E-state index in [9.17, 15) is 14.3 Å². The summed E-state index contributed by atoms with van der Waals surface area (Å²) in [4.78, 5) is 11.5. The van der Waals surface area contributed by atoms with Crippen LogP contribution in [0.15, 0.2) is 18.2 Å². The predicted molar refractivity (Wildman–Crippen MR) is 64.7 cm³/mol. The molecule has 18 heavy (non-hydrogen) atoms. The fraction of sp³-hybridized carbons (Fsp3) is 0.500. The Balaban J connectivity index is 2.15. The first-order valence-corrected chi connectivity index (χ1v) is 6.17. The molecule has 0 aliphatic heterocycles. The van der Waals surface area contributed by atoms with Crippen molar-refractivity contribution in [1.29, 1.82) is 0 Å². The van der Waals surface area contributed by atoms with Crippen LogP contribution in [-0.2, 0) is 4.74 Å². The zero-order valence-corrected chi connectivity index (χ0v) is 10.4. The molecule has 0 radical (unpaired) electrons. The number of ether oxygens (including phenoxy) is 1. The molecular weight excluding hydrogens is 235 g/mol. The fourth-order valence-corrected chi connectivity index (χ4v) is 2.06. The number of rotatable bonds is 5. The van der Waals surface area contributed by atoms with Crippen LogP contribution in [0, 0.1) is 11.7 Å². The second-order valence-corrected chi connectivity index (χ2v) is 4.76. The van der Waals surface area contributed by atoms with Gasteiger partial charge in [0, 0.05) is 0 Å². The van der Waals surface area contributed by atoms with Crippen LogP contribution in [0.3, 0.4) is 0 Å². The summed E-state index contributed by atoms with van der Waals surface area (Å²) in [5.74, 6) is -0.412. The number of hydrogen-bond donors (Lipinski definition) is 1. The molecule has 0 heterocycles. The number of aliphatic hydroxyl groups is 1. The SMILES string of the molecule is COC(=O)c1cc(F)ccc1C(O)CCC1CC1. The summed E-state index contributed by atoms with van der Waals surface area (Å²) in [5.41, 5.74) is 0.560. The Morgan fingerprint density at radius 2 is 2.28 bits per heavy atom. The maximum absolute atomic E-state index is 13.1. The minimum atomic E-state index is -0.736. The van der Waals surface area contributed by atoms with E-state index in [-0.39, 0.29) is 5.56 Å². The first kappa shape index (κ1) is 13.0. The number of halogens is 1. The van der Waals surface area contributed by atoms with Gasteiger partial charge in [0.1, 0.15) is 5.82 Å². The third-order valence-electron chi connectivity index (χ3n) is 3.32. The molecule has 1 aromatic rings. The van der Waals surface area contributed by atoms with Gasteiger partial charge in [0.25, 0.3) is 0 Å². The van der Waals surface area contributed by atoms with Crippen molar-refractivity contribution < 1.29 is 19.0 Å². The minimum absolute atomic E-state index is 0.112. The van der Waals surface area contributed by atoms with Crippen LogP contribution in [-0.4, -0.2) is 18.2 Å². The summed E-state index contributed by atoms with van der Waals surface area (Å²) in [7, 11) is 1.24. The van der Waals surface area contributed by atoms with Crippen molar-refractivity contribution in [2.75, 3.05) is 7.11 Å². The molecule has 1 unspecified atom stereocenters. The van der Waals surface area contributed by atoms with Crippen LogP contribution >= 0.6 is 0 Å². The first-order valence-electron chi connectivity index (χ1n) is 6.17. The highest BCUT2D eigenvalue weighted by atomic mass is 19.1. The van der Waals surface area contributed by atoms with E-state index in [1.807, 2.05) is 0 Å². The van der Waals surface area contributed by atoms with E-state index in [4.69, 9.17) is 0 Å². The van der Waals surface area contributed by atoms with E-state index in [2.05, 4.69) is 4.74 Å². The topological polar surface area (TPSA) is 46.5 Å². The van der Waals surface area contributed by atoms with Crippen molar-refractivity contribution in [2.24, 2.45) is 5.92 Å². The standard InChI is InChI=1S/C14H17FO3/c1-18-14(17)12-8-10(15)5-6-11(12)13(16)7-4-9-2-3-9/h5-6,8-9,13,16H,2-4,7H2,1H3. The highest BCUT2D eigenvalue weighted by molar-refractivity contribution is 5.91. The number of carbonyl (C=O) groups is 1. The van der Waals surface area contributed by atoms with E-state index >= 15 is 0 Å². The molecule has 0 amide bonds. The largest absolute Gasteiger partial charge is 0.465 e. The molecule has 0 aromatic heterocycles. The van der Waals surface area contributed by atoms with Gasteiger partial charge in [0.05, 0.1) is 18.8 Å². The molecule has 1 atom stereocenters. The smallest absolute Gasteiger partial charge is 0.338 e. The zero-order chi connectivity index (χ0) is 13.1. The quantitative estimate of drug-likeness (QED) is 0.820. The average Bonchev–Trinajstić information content (AvgIpc) is 3.19. The summed E-state index contributed by atoms with van der Waals surface area (Å²) in [6, 6.07) is 3.82. The van der Waals surface area contributed by atoms with E-state index in [1.54, 1.807) is 0 Å². The Labute approximate surface area is 106 Å². The molecule has 1 aromatic carbocycles. The van der Waals surface area contributed by atoms with Crippen LogP contribution in [0.5, 0.6) is 0 Å². The molecule has 0 saturated heterocycles. The number of carbonyl (C=O) groups excluding carboxylic acids is 1. The summed E-state index contributed by atoms with van der Waals surface area (Å²) in [6.45, 7) is 0. The van der Waals surface area contributed by atoms with Crippen molar-refractivity contribution in [1.82, 2.24) is 0 Å². The van der Waals surface area contributed by atoms with Crippen molar-refractivity contribution in [3.63, 3.8) is 0 Å². The fourth-order valence-electron chi connectivity index (χ4n) is 2.06. The summed E-state index contributed by atoms with van der Waals surface area (Å²) in [6.07, 6.45) is 3.25. The van der Waals surface area contributed by atoms with Gasteiger partial charge < -0.3 is 9.84 Å². The molecule has 1 N–H and O–H groups in total. The molecule has 1 aliphatic carbocycles. The van der Waals surface area contributed by atoms with E-state index in [0.717, 1.165) is 12.5 Å². The lowest BCUT2D eigenvalue weighted by Gasteiger charge is -2.14. The normalized spacial score (nSPS) is 16.4. The minimum Gasteiger partial charge on any atom is -0.465 e. The number of hydrogen-bond acceptors (Lipinski definition) is 3. The summed E-state index contributed by atoms with van der Waals surface area (Å²) in [5, 5.41) is 10.1. The molecule has 2 rings (SSSR count). The maximum atomic E-state index is 13.1. The van der Waals surface area contributed by atoms with Crippen molar-refractivity contribution in [2.45, 2.75) is 31.8 Å². The lowest BCUT2D eigenvalue weighted by atomic mass is 9.98. The van der Waals surface area contributed by atoms with E-state index in [1.165, 1.54) is 32.1 Å². The van der Waals surface area contributed by atoms with Crippen LogP contribution in [0.2, 0.25) is 0 Å². The molecule has 0 bridgehead atoms. The summed E-state index contributed by atoms with van der Waals surface area (Å²) >= 11 is 0. The van der Waals surface area contributed by atoms with Gasteiger partial charge >= 0.3 is 5.97 Å². The van der Waals surface area contributed by atoms with Crippen LogP contribution in [0.1, 0.15) is 47.7 Å². The predicted octanol–water partition coefficient (Wildman–Crippen LogP) is 2.84. The van der Waals surface area contributed by atoms with Gasteiger partial charge in [-0.3, -0.25) is 0 Å². The van der Waals surface area contributed by atoms with Crippen molar-refractivity contribution in [3.8, 4) is 0 Å². The molecule has 1 aliphatic rings. The molecular formula is C14H17FO3. The van der Waals surface area contributed by atoms with Gasteiger partial charge in [-0.25, -0.2) is 9.18 Å². The van der Waals surface area contributed by atoms with Crippen molar-refractivity contribution in [3.05, 3.63) is 35.1 Å². The summed E-state index contributed by atoms with van der Waals surface area (Å²) < 4.78 is 17.7. The third-order valence-corrected chi connectivity index (χ3v) is 3.32. The number of esters is 1. The van der Waals surface area contributed by atoms with Gasteiger partial charge in [-0.05, 0) is 36.5 Å². The van der Waals surface area contributed by atoms with Gasteiger partial charge in [0.2, 0.25) is 0 Å². The van der Waals surface area contributed by atoms with Crippen LogP contribution in [0.4, 0.5) is 4.39 Å². The molecule has 4 heteroatoms. The molecule has 1 saturated carbocycles. The van der Waals surface area contributed by atoms with E-state index in [0.29, 0.717) is 17.9 Å². The number of methoxy groups -OCH3 is 1. The maximum Gasteiger partial charge on any atom is 0.338 e. The second kappa shape index (κ2) is 5.48. The molecule has 0 spiro atoms. The second-order valence-electron chi connectivity index (χ2n) is 4.76. The van der Waals surface area contributed by atoms with Gasteiger partial charge in [-0.2, -0.15) is 0 Å². The lowest BCUT2D eigenvalue weighted by molar-refractivity contribution is 0.0591. The highest BCUT2D eigenvalue weighted by Crippen LogP contribution is 2.36. The molecule has 1 fully saturated rings. The Hall–Kier alpha value is -1.42. The molecule has 3 nitrogen and oxygen atoms in total. The van der Waals surface area contributed by atoms with Gasteiger partial charge in [-0.15, -0.1) is 0 Å². The monoisotopic (exact) mass is 252 g/mol. The van der Waals surface area contributed by atoms with Crippen molar-refractivity contribution >= 4 is 5.97 Å². The Morgan fingerprint density at radius 1 is 1.56 bits per heavy atom. The zero-order valence-electron chi connectivity index (χ0n) is 10.4. The third kappa shape index (κ3) is 3.07. The number of benzene rings is 1. The lowest BCUT2D eigenvalue weighted by Crippen LogP contribution is -2.10. The van der Waals surface area contributed by atoms with Crippen LogP contribution < -0.4 is 0 Å². The average molecular weight is 252 g/mol. The first-order chi connectivity index (χ1) is 8.61.